The number of fused-ring (bicyclic) bond motifs is 1. The van der Waals surface area contributed by atoms with E-state index in [2.05, 4.69) is 26.1 Å². The second-order valence-electron chi connectivity index (χ2n) is 8.37. The van der Waals surface area contributed by atoms with Crippen LogP contribution in [0.25, 0.3) is 22.0 Å². The Kier molecular flexibility index (Phi) is 5.27. The minimum atomic E-state index is -3.26. The van der Waals surface area contributed by atoms with E-state index >= 15 is 0 Å². The number of ether oxygens (including phenoxy) is 1. The molecule has 2 saturated carbocycles. The first kappa shape index (κ1) is 20.2. The predicted molar refractivity (Wildman–Crippen MR) is 122 cm³/mol. The highest BCUT2D eigenvalue weighted by Crippen LogP contribution is 2.35. The number of hydrogen-bond donors (Lipinski definition) is 2. The van der Waals surface area contributed by atoms with Gasteiger partial charge in [0.25, 0.3) is 0 Å². The molecular weight excluding hydrogens is 412 g/mol. The van der Waals surface area contributed by atoms with Crippen molar-refractivity contribution in [2.45, 2.75) is 44.2 Å². The average Bonchev–Trinajstić information content (AvgIpc) is 3.70. The van der Waals surface area contributed by atoms with Crippen LogP contribution in [0.3, 0.4) is 0 Å². The van der Waals surface area contributed by atoms with Gasteiger partial charge in [-0.3, -0.25) is 0 Å². The summed E-state index contributed by atoms with van der Waals surface area (Å²) < 4.78 is 32.8. The fourth-order valence-corrected chi connectivity index (χ4v) is 5.03. The van der Waals surface area contributed by atoms with E-state index in [4.69, 9.17) is 4.74 Å². The van der Waals surface area contributed by atoms with Gasteiger partial charge in [0.15, 0.2) is 0 Å². The molecule has 1 heterocycles. The van der Waals surface area contributed by atoms with Gasteiger partial charge in [0, 0.05) is 23.0 Å². The van der Waals surface area contributed by atoms with Crippen LogP contribution in [0.1, 0.15) is 31.2 Å². The first-order valence-electron chi connectivity index (χ1n) is 10.7. The third kappa shape index (κ3) is 4.80. The molecule has 2 fully saturated rings. The molecule has 2 aliphatic carbocycles. The van der Waals surface area contributed by atoms with Crippen LogP contribution in [-0.4, -0.2) is 43.3 Å². The molecule has 162 valence electrons. The van der Waals surface area contributed by atoms with Gasteiger partial charge in [-0.1, -0.05) is 12.1 Å². The lowest BCUT2D eigenvalue weighted by atomic mass is 9.99. The number of aryl methyl sites for hydroxylation is 1. The zero-order chi connectivity index (χ0) is 21.4. The summed E-state index contributed by atoms with van der Waals surface area (Å²) in [6.45, 7) is 0. The van der Waals surface area contributed by atoms with Gasteiger partial charge in [-0.05, 0) is 67.5 Å². The van der Waals surface area contributed by atoms with E-state index in [1.54, 1.807) is 13.4 Å². The van der Waals surface area contributed by atoms with Crippen LogP contribution in [0.2, 0.25) is 0 Å². The molecular formula is C23H26N4O3S. The molecule has 1 aromatic heterocycles. The lowest BCUT2D eigenvalue weighted by Crippen LogP contribution is -2.29. The summed E-state index contributed by atoms with van der Waals surface area (Å²) in [6, 6.07) is 12.6. The number of hydrogen-bond acceptors (Lipinski definition) is 6. The third-order valence-electron chi connectivity index (χ3n) is 5.71. The van der Waals surface area contributed by atoms with E-state index in [9.17, 15) is 8.42 Å². The molecule has 0 saturated heterocycles. The second kappa shape index (κ2) is 8.09. The second-order valence-corrected chi connectivity index (χ2v) is 10.2. The van der Waals surface area contributed by atoms with Gasteiger partial charge in [0.05, 0.1) is 18.4 Å². The van der Waals surface area contributed by atoms with E-state index in [1.165, 1.54) is 12.8 Å². The molecule has 3 aromatic rings. The Hall–Kier alpha value is -2.71. The van der Waals surface area contributed by atoms with Crippen molar-refractivity contribution >= 4 is 26.7 Å². The summed E-state index contributed by atoms with van der Waals surface area (Å²) in [6.07, 6.45) is 6.25. The number of rotatable bonds is 9. The van der Waals surface area contributed by atoms with E-state index in [1.807, 2.05) is 30.3 Å². The van der Waals surface area contributed by atoms with E-state index in [-0.39, 0.29) is 11.8 Å². The molecule has 31 heavy (non-hydrogen) atoms. The van der Waals surface area contributed by atoms with Crippen LogP contribution in [0.5, 0.6) is 5.75 Å². The lowest BCUT2D eigenvalue weighted by Gasteiger charge is -2.13. The van der Waals surface area contributed by atoms with E-state index in [0.29, 0.717) is 12.5 Å². The predicted octanol–water partition coefficient (Wildman–Crippen LogP) is 3.50. The minimum absolute atomic E-state index is 0.0796. The molecule has 0 amide bonds. The number of anilines is 1. The van der Waals surface area contributed by atoms with Crippen molar-refractivity contribution in [2.75, 3.05) is 18.2 Å². The van der Waals surface area contributed by atoms with Gasteiger partial charge in [-0.25, -0.2) is 23.1 Å². The van der Waals surface area contributed by atoms with Crippen LogP contribution in [0.4, 0.5) is 5.82 Å². The van der Waals surface area contributed by atoms with E-state index < -0.39 is 10.0 Å². The van der Waals surface area contributed by atoms with Crippen LogP contribution < -0.4 is 14.8 Å². The summed E-state index contributed by atoms with van der Waals surface area (Å²) in [5, 5.41) is 4.45. The Morgan fingerprint density at radius 1 is 1.03 bits per heavy atom. The first-order valence-corrected chi connectivity index (χ1v) is 12.3. The Labute approximate surface area is 182 Å². The molecule has 2 aromatic carbocycles. The Morgan fingerprint density at radius 3 is 2.58 bits per heavy atom. The van der Waals surface area contributed by atoms with Crippen molar-refractivity contribution in [3.63, 3.8) is 0 Å². The van der Waals surface area contributed by atoms with Crippen molar-refractivity contribution in [3.8, 4) is 16.9 Å². The fraction of sp³-hybridized carbons (Fsp3) is 0.391. The molecule has 0 unspecified atom stereocenters. The Bertz CT molecular complexity index is 1220. The van der Waals surface area contributed by atoms with Crippen molar-refractivity contribution in [2.24, 2.45) is 0 Å². The van der Waals surface area contributed by atoms with Crippen LogP contribution in [0.15, 0.2) is 42.7 Å². The summed E-state index contributed by atoms with van der Waals surface area (Å²) in [5.41, 5.74) is 3.75. The van der Waals surface area contributed by atoms with Gasteiger partial charge in [-0.15, -0.1) is 0 Å². The van der Waals surface area contributed by atoms with Gasteiger partial charge in [0.1, 0.15) is 17.9 Å². The highest BCUT2D eigenvalue weighted by atomic mass is 32.2. The maximum absolute atomic E-state index is 12.3. The number of nitrogens with zero attached hydrogens (tertiary/aromatic N) is 2. The summed E-state index contributed by atoms with van der Waals surface area (Å²) in [5.74, 6) is 1.67. The molecule has 2 aliphatic rings. The molecule has 0 radical (unpaired) electrons. The largest absolute Gasteiger partial charge is 0.496 e. The smallest absolute Gasteiger partial charge is 0.212 e. The van der Waals surface area contributed by atoms with Crippen molar-refractivity contribution in [1.82, 2.24) is 14.7 Å². The maximum atomic E-state index is 12.3. The SMILES string of the molecule is COc1ccc(CCS(=O)(=O)NC2CC2)cc1-c1ccc2ncnc(NC3CC3)c2c1. The maximum Gasteiger partial charge on any atom is 0.212 e. The average molecular weight is 439 g/mol. The zero-order valence-corrected chi connectivity index (χ0v) is 18.3. The van der Waals surface area contributed by atoms with Crippen molar-refractivity contribution < 1.29 is 13.2 Å². The van der Waals surface area contributed by atoms with Crippen molar-refractivity contribution in [1.29, 1.82) is 0 Å². The van der Waals surface area contributed by atoms with Gasteiger partial charge >= 0.3 is 0 Å². The summed E-state index contributed by atoms with van der Waals surface area (Å²) in [4.78, 5) is 8.83. The number of aromatic nitrogens is 2. The standard InChI is InChI=1S/C23H26N4O3S/c1-30-22-9-2-15(10-11-31(28,29)27-18-6-7-18)12-19(22)16-3-8-21-20(13-16)23(25-14-24-21)26-17-4-5-17/h2-3,8-9,12-14,17-18,27H,4-7,10-11H2,1H3,(H,24,25,26). The highest BCUT2D eigenvalue weighted by Gasteiger charge is 2.26. The number of methoxy groups -OCH3 is 1. The molecule has 0 spiro atoms. The van der Waals surface area contributed by atoms with Gasteiger partial charge in [-0.2, -0.15) is 0 Å². The molecule has 5 rings (SSSR count). The lowest BCUT2D eigenvalue weighted by molar-refractivity contribution is 0.416. The quantitative estimate of drug-likeness (QED) is 0.531. The summed E-state index contributed by atoms with van der Waals surface area (Å²) in [7, 11) is -1.61. The van der Waals surface area contributed by atoms with Crippen molar-refractivity contribution in [3.05, 3.63) is 48.3 Å². The zero-order valence-electron chi connectivity index (χ0n) is 17.5. The first-order chi connectivity index (χ1) is 15.0. The van der Waals surface area contributed by atoms with Crippen LogP contribution in [-0.2, 0) is 16.4 Å². The highest BCUT2D eigenvalue weighted by molar-refractivity contribution is 7.89. The fourth-order valence-electron chi connectivity index (χ4n) is 3.66. The monoisotopic (exact) mass is 438 g/mol. The van der Waals surface area contributed by atoms with Gasteiger partial charge in [0.2, 0.25) is 10.0 Å². The Morgan fingerprint density at radius 2 is 1.84 bits per heavy atom. The third-order valence-corrected chi connectivity index (χ3v) is 7.15. The normalized spacial score (nSPS) is 16.4. The van der Waals surface area contributed by atoms with E-state index in [0.717, 1.165) is 52.0 Å². The topological polar surface area (TPSA) is 93.2 Å². The molecule has 0 atom stereocenters. The van der Waals surface area contributed by atoms with Crippen LogP contribution in [0, 0.1) is 0 Å². The molecule has 8 heteroatoms. The molecule has 0 bridgehead atoms. The number of benzene rings is 2. The van der Waals surface area contributed by atoms with Crippen LogP contribution >= 0.6 is 0 Å². The number of nitrogens with one attached hydrogen (secondary N) is 2. The summed E-state index contributed by atoms with van der Waals surface area (Å²) >= 11 is 0. The molecule has 2 N–H and O–H groups in total. The molecule has 0 aliphatic heterocycles. The Balaban J connectivity index is 1.45. The minimum Gasteiger partial charge on any atom is -0.496 e. The van der Waals surface area contributed by atoms with Gasteiger partial charge < -0.3 is 10.1 Å². The molecule has 7 nitrogen and oxygen atoms in total. The number of sulfonamides is 1.